The highest BCUT2D eigenvalue weighted by Gasteiger charge is 2.30. The summed E-state index contributed by atoms with van der Waals surface area (Å²) >= 11 is 0. The van der Waals surface area contributed by atoms with Crippen LogP contribution >= 0.6 is 0 Å². The zero-order chi connectivity index (χ0) is 19.9. The number of benzene rings is 2. The maximum atomic E-state index is 3.90. The van der Waals surface area contributed by atoms with E-state index in [2.05, 4.69) is 65.7 Å². The van der Waals surface area contributed by atoms with E-state index in [0.29, 0.717) is 11.8 Å². The van der Waals surface area contributed by atoms with Crippen LogP contribution in [0.1, 0.15) is 68.1 Å². The van der Waals surface area contributed by atoms with Crippen molar-refractivity contribution in [2.45, 2.75) is 64.2 Å². The molecule has 0 aromatic heterocycles. The van der Waals surface area contributed by atoms with Crippen LogP contribution in [0.4, 0.5) is 5.69 Å². The third-order valence-corrected chi connectivity index (χ3v) is 7.07. The molecule has 2 aliphatic rings. The molecule has 0 amide bonds. The molecule has 2 heteroatoms. The quantitative estimate of drug-likeness (QED) is 0.534. The number of nitrogens with one attached hydrogen (secondary N) is 1. The summed E-state index contributed by atoms with van der Waals surface area (Å²) in [5.74, 6) is 1.35. The molecular formula is C27H38N2. The first-order valence-electron chi connectivity index (χ1n) is 12.0. The Balaban J connectivity index is 1.46. The van der Waals surface area contributed by atoms with Gasteiger partial charge in [0.2, 0.25) is 0 Å². The summed E-state index contributed by atoms with van der Waals surface area (Å²) in [7, 11) is 0. The second-order valence-electron chi connectivity index (χ2n) is 9.10. The van der Waals surface area contributed by atoms with Gasteiger partial charge in [-0.15, -0.1) is 0 Å². The molecule has 1 aliphatic heterocycles. The van der Waals surface area contributed by atoms with Crippen LogP contribution in [0.25, 0.3) is 0 Å². The third kappa shape index (κ3) is 5.22. The average molecular weight is 391 g/mol. The van der Waals surface area contributed by atoms with Crippen molar-refractivity contribution in [3.8, 4) is 0 Å². The predicted octanol–water partition coefficient (Wildman–Crippen LogP) is 6.27. The summed E-state index contributed by atoms with van der Waals surface area (Å²) in [6.07, 6.45) is 10.5. The van der Waals surface area contributed by atoms with Crippen molar-refractivity contribution in [2.75, 3.05) is 31.5 Å². The van der Waals surface area contributed by atoms with E-state index >= 15 is 0 Å². The highest BCUT2D eigenvalue weighted by Crippen LogP contribution is 2.34. The molecular weight excluding hydrogens is 352 g/mol. The molecule has 0 saturated carbocycles. The number of hydrogen-bond donors (Lipinski definition) is 1. The second-order valence-corrected chi connectivity index (χ2v) is 9.10. The largest absolute Gasteiger partial charge is 0.384 e. The Morgan fingerprint density at radius 3 is 2.69 bits per heavy atom. The van der Waals surface area contributed by atoms with Crippen molar-refractivity contribution >= 4 is 5.69 Å². The number of nitrogens with zero attached hydrogens (tertiary/aromatic N) is 1. The monoisotopic (exact) mass is 390 g/mol. The molecule has 1 N–H and O–H groups in total. The lowest BCUT2D eigenvalue weighted by Gasteiger charge is -2.39. The first kappa shape index (κ1) is 20.5. The lowest BCUT2D eigenvalue weighted by Crippen LogP contribution is -2.42. The Kier molecular flexibility index (Phi) is 7.27. The Labute approximate surface area is 177 Å². The Morgan fingerprint density at radius 2 is 1.83 bits per heavy atom. The van der Waals surface area contributed by atoms with E-state index < -0.39 is 0 Å². The molecule has 156 valence electrons. The van der Waals surface area contributed by atoms with E-state index in [0.717, 1.165) is 6.54 Å². The van der Waals surface area contributed by atoms with Crippen LogP contribution < -0.4 is 5.32 Å². The molecule has 1 saturated heterocycles. The third-order valence-electron chi connectivity index (χ3n) is 7.07. The molecule has 2 atom stereocenters. The van der Waals surface area contributed by atoms with Gasteiger partial charge in [0.15, 0.2) is 0 Å². The summed E-state index contributed by atoms with van der Waals surface area (Å²) in [6, 6.07) is 18.1. The van der Waals surface area contributed by atoms with Gasteiger partial charge in [0, 0.05) is 18.8 Å². The summed E-state index contributed by atoms with van der Waals surface area (Å²) in [5, 5.41) is 3.90. The molecule has 1 aliphatic carbocycles. The molecule has 1 heterocycles. The minimum absolute atomic E-state index is 0.672. The van der Waals surface area contributed by atoms with Crippen molar-refractivity contribution in [2.24, 2.45) is 5.92 Å². The van der Waals surface area contributed by atoms with Gasteiger partial charge < -0.3 is 10.2 Å². The van der Waals surface area contributed by atoms with Crippen LogP contribution in [0.5, 0.6) is 0 Å². The first-order valence-corrected chi connectivity index (χ1v) is 12.0. The van der Waals surface area contributed by atoms with E-state index in [1.807, 2.05) is 0 Å². The van der Waals surface area contributed by atoms with Gasteiger partial charge in [0.1, 0.15) is 0 Å². The van der Waals surface area contributed by atoms with Crippen molar-refractivity contribution in [1.29, 1.82) is 0 Å². The summed E-state index contributed by atoms with van der Waals surface area (Å²) in [4.78, 5) is 2.72. The Hall–Kier alpha value is -1.80. The summed E-state index contributed by atoms with van der Waals surface area (Å²) in [5.41, 5.74) is 6.09. The zero-order valence-corrected chi connectivity index (χ0v) is 18.2. The van der Waals surface area contributed by atoms with Gasteiger partial charge in [0.25, 0.3) is 0 Å². The summed E-state index contributed by atoms with van der Waals surface area (Å²) in [6.45, 7) is 7.13. The minimum Gasteiger partial charge on any atom is -0.384 e. The fourth-order valence-corrected chi connectivity index (χ4v) is 5.43. The van der Waals surface area contributed by atoms with Crippen LogP contribution in [-0.2, 0) is 12.8 Å². The molecule has 0 bridgehead atoms. The van der Waals surface area contributed by atoms with Crippen LogP contribution in [0.3, 0.4) is 0 Å². The van der Waals surface area contributed by atoms with E-state index in [1.54, 1.807) is 11.1 Å². The summed E-state index contributed by atoms with van der Waals surface area (Å²) < 4.78 is 0. The van der Waals surface area contributed by atoms with Crippen LogP contribution in [0.15, 0.2) is 48.5 Å². The van der Waals surface area contributed by atoms with Gasteiger partial charge in [-0.1, -0.05) is 62.2 Å². The van der Waals surface area contributed by atoms with Gasteiger partial charge in [-0.2, -0.15) is 0 Å². The van der Waals surface area contributed by atoms with E-state index in [-0.39, 0.29) is 0 Å². The highest BCUT2D eigenvalue weighted by atomic mass is 15.1. The van der Waals surface area contributed by atoms with Crippen molar-refractivity contribution < 1.29 is 0 Å². The van der Waals surface area contributed by atoms with Gasteiger partial charge >= 0.3 is 0 Å². The lowest BCUT2D eigenvalue weighted by molar-refractivity contribution is 0.157. The lowest BCUT2D eigenvalue weighted by atomic mass is 9.80. The molecule has 0 radical (unpaired) electrons. The molecule has 4 rings (SSSR count). The fraction of sp³-hybridized carbons (Fsp3) is 0.556. The number of anilines is 1. The van der Waals surface area contributed by atoms with Gasteiger partial charge in [-0.25, -0.2) is 0 Å². The van der Waals surface area contributed by atoms with Gasteiger partial charge in [-0.05, 0) is 86.2 Å². The number of hydrogen-bond acceptors (Lipinski definition) is 2. The number of fused-ring (bicyclic) bond motifs is 1. The van der Waals surface area contributed by atoms with Crippen molar-refractivity contribution in [3.63, 3.8) is 0 Å². The number of rotatable bonds is 8. The van der Waals surface area contributed by atoms with E-state index in [9.17, 15) is 0 Å². The number of piperidine rings is 1. The molecule has 2 nitrogen and oxygen atoms in total. The van der Waals surface area contributed by atoms with Crippen LogP contribution in [-0.4, -0.2) is 31.1 Å². The number of aryl methyl sites for hydroxylation is 1. The van der Waals surface area contributed by atoms with Crippen LogP contribution in [0, 0.1) is 5.92 Å². The molecule has 2 aromatic rings. The Morgan fingerprint density at radius 1 is 0.966 bits per heavy atom. The van der Waals surface area contributed by atoms with Gasteiger partial charge in [0.05, 0.1) is 0 Å². The normalized spacial score (nSPS) is 22.2. The SMILES string of the molecule is CCCCCN1CCC(c2ccccc2)C(CNc2cccc3c2CCCC3)C1. The topological polar surface area (TPSA) is 15.3 Å². The maximum absolute atomic E-state index is 3.90. The van der Waals surface area contributed by atoms with E-state index in [4.69, 9.17) is 0 Å². The molecule has 0 spiro atoms. The van der Waals surface area contributed by atoms with Crippen molar-refractivity contribution in [3.05, 3.63) is 65.2 Å². The molecule has 29 heavy (non-hydrogen) atoms. The first-order chi connectivity index (χ1) is 14.3. The smallest absolute Gasteiger partial charge is 0.0375 e. The Bertz CT molecular complexity index is 754. The van der Waals surface area contributed by atoms with Crippen LogP contribution in [0.2, 0.25) is 0 Å². The van der Waals surface area contributed by atoms with E-state index in [1.165, 1.54) is 82.3 Å². The maximum Gasteiger partial charge on any atom is 0.0375 e. The predicted molar refractivity (Wildman–Crippen MR) is 125 cm³/mol. The average Bonchev–Trinajstić information content (AvgIpc) is 2.78. The highest BCUT2D eigenvalue weighted by molar-refractivity contribution is 5.55. The zero-order valence-electron chi connectivity index (χ0n) is 18.2. The minimum atomic E-state index is 0.672. The number of unbranched alkanes of at least 4 members (excludes halogenated alkanes) is 2. The van der Waals surface area contributed by atoms with Gasteiger partial charge in [-0.3, -0.25) is 0 Å². The number of likely N-dealkylation sites (tertiary alicyclic amines) is 1. The molecule has 1 fully saturated rings. The standard InChI is InChI=1S/C27H38N2/c1-2-3-9-18-29-19-17-25(22-11-5-4-6-12-22)24(21-29)20-28-27-16-10-14-23-13-7-8-15-26(23)27/h4-6,10-12,14,16,24-25,28H,2-3,7-9,13,15,17-21H2,1H3. The molecule has 2 unspecified atom stereocenters. The van der Waals surface area contributed by atoms with Crippen molar-refractivity contribution in [1.82, 2.24) is 4.90 Å². The second kappa shape index (κ2) is 10.3. The fourth-order valence-electron chi connectivity index (χ4n) is 5.43. The molecule has 2 aromatic carbocycles.